The van der Waals surface area contributed by atoms with Crippen LogP contribution in [0.15, 0.2) is 5.16 Å². The molecule has 0 aliphatic carbocycles. The van der Waals surface area contributed by atoms with Gasteiger partial charge in [-0.25, -0.2) is 0 Å². The SMILES string of the molecule is CC/C(C)=N/OCC(O)CN. The molecule has 0 saturated heterocycles. The molecule has 0 bridgehead atoms. The van der Waals surface area contributed by atoms with Gasteiger partial charge in [0.05, 0.1) is 5.71 Å². The minimum absolute atomic E-state index is 0.174. The molecule has 3 N–H and O–H groups in total. The van der Waals surface area contributed by atoms with E-state index < -0.39 is 6.10 Å². The highest BCUT2D eigenvalue weighted by molar-refractivity contribution is 5.80. The van der Waals surface area contributed by atoms with Gasteiger partial charge in [0.2, 0.25) is 0 Å². The van der Waals surface area contributed by atoms with Crippen LogP contribution in [0.2, 0.25) is 0 Å². The van der Waals surface area contributed by atoms with Gasteiger partial charge in [0.1, 0.15) is 12.7 Å². The number of aliphatic hydroxyl groups is 1. The second-order valence-corrected chi connectivity index (χ2v) is 2.37. The van der Waals surface area contributed by atoms with Crippen LogP contribution in [-0.2, 0) is 4.84 Å². The molecule has 0 aromatic carbocycles. The van der Waals surface area contributed by atoms with Crippen LogP contribution in [0.3, 0.4) is 0 Å². The van der Waals surface area contributed by atoms with Crippen LogP contribution < -0.4 is 5.73 Å². The summed E-state index contributed by atoms with van der Waals surface area (Å²) in [7, 11) is 0. The lowest BCUT2D eigenvalue weighted by molar-refractivity contribution is 0.0445. The largest absolute Gasteiger partial charge is 0.393 e. The second-order valence-electron chi connectivity index (χ2n) is 2.37. The Hall–Kier alpha value is -0.610. The van der Waals surface area contributed by atoms with Crippen LogP contribution in [0.5, 0.6) is 0 Å². The second kappa shape index (κ2) is 6.12. The van der Waals surface area contributed by atoms with Crippen LogP contribution in [0, 0.1) is 0 Å². The first-order valence-corrected chi connectivity index (χ1v) is 3.74. The smallest absolute Gasteiger partial charge is 0.144 e. The number of oxime groups is 1. The Kier molecular flexibility index (Phi) is 5.78. The molecule has 1 unspecified atom stereocenters. The maximum Gasteiger partial charge on any atom is 0.144 e. The van der Waals surface area contributed by atoms with E-state index in [0.717, 1.165) is 12.1 Å². The van der Waals surface area contributed by atoms with Crippen LogP contribution in [0.1, 0.15) is 20.3 Å². The topological polar surface area (TPSA) is 67.8 Å². The van der Waals surface area contributed by atoms with Crippen molar-refractivity contribution in [3.05, 3.63) is 0 Å². The summed E-state index contributed by atoms with van der Waals surface area (Å²) in [6.45, 7) is 4.24. The van der Waals surface area contributed by atoms with Gasteiger partial charge in [-0.3, -0.25) is 0 Å². The molecule has 4 nitrogen and oxygen atoms in total. The van der Waals surface area contributed by atoms with Crippen LogP contribution in [0.25, 0.3) is 0 Å². The zero-order chi connectivity index (χ0) is 8.69. The summed E-state index contributed by atoms with van der Waals surface area (Å²) >= 11 is 0. The Bertz CT molecular complexity index is 126. The Morgan fingerprint density at radius 2 is 2.36 bits per heavy atom. The number of aliphatic hydroxyl groups excluding tert-OH is 1. The van der Waals surface area contributed by atoms with Crippen molar-refractivity contribution < 1.29 is 9.94 Å². The summed E-state index contributed by atoms with van der Waals surface area (Å²) in [5, 5.41) is 12.7. The van der Waals surface area contributed by atoms with Crippen molar-refractivity contribution in [1.29, 1.82) is 0 Å². The third-order valence-corrected chi connectivity index (χ3v) is 1.27. The summed E-state index contributed by atoms with van der Waals surface area (Å²) in [4.78, 5) is 4.80. The first kappa shape index (κ1) is 10.4. The fourth-order valence-corrected chi connectivity index (χ4v) is 0.366. The molecule has 0 amide bonds. The number of hydrogen-bond acceptors (Lipinski definition) is 4. The predicted octanol–water partition coefficient (Wildman–Crippen LogP) is 0.109. The summed E-state index contributed by atoms with van der Waals surface area (Å²) in [6.07, 6.45) is 0.252. The Labute approximate surface area is 67.0 Å². The van der Waals surface area contributed by atoms with E-state index in [1.165, 1.54) is 0 Å². The maximum absolute atomic E-state index is 8.92. The number of rotatable bonds is 5. The van der Waals surface area contributed by atoms with Crippen LogP contribution in [0.4, 0.5) is 0 Å². The van der Waals surface area contributed by atoms with E-state index in [-0.39, 0.29) is 13.2 Å². The quantitative estimate of drug-likeness (QED) is 0.443. The Morgan fingerprint density at radius 1 is 1.73 bits per heavy atom. The Balaban J connectivity index is 3.39. The summed E-state index contributed by atoms with van der Waals surface area (Å²) in [6, 6.07) is 0. The molecule has 0 aliphatic rings. The summed E-state index contributed by atoms with van der Waals surface area (Å²) in [5.74, 6) is 0. The molecule has 0 saturated carbocycles. The zero-order valence-electron chi connectivity index (χ0n) is 7.08. The highest BCUT2D eigenvalue weighted by Gasteiger charge is 1.99. The molecule has 0 rings (SSSR count). The molecule has 4 heteroatoms. The molecule has 11 heavy (non-hydrogen) atoms. The van der Waals surface area contributed by atoms with Crippen molar-refractivity contribution in [2.45, 2.75) is 26.4 Å². The van der Waals surface area contributed by atoms with Gasteiger partial charge in [-0.05, 0) is 13.3 Å². The van der Waals surface area contributed by atoms with Crippen LogP contribution >= 0.6 is 0 Å². The van der Waals surface area contributed by atoms with Crippen molar-refractivity contribution in [3.8, 4) is 0 Å². The van der Waals surface area contributed by atoms with Gasteiger partial charge in [-0.15, -0.1) is 0 Å². The molecule has 0 spiro atoms. The first-order valence-electron chi connectivity index (χ1n) is 3.74. The highest BCUT2D eigenvalue weighted by Crippen LogP contribution is 1.88. The normalized spacial score (nSPS) is 14.7. The third kappa shape index (κ3) is 5.82. The standard InChI is InChI=1S/C7H16N2O2/c1-3-6(2)9-11-5-7(10)4-8/h7,10H,3-5,8H2,1-2H3/b9-6+. The minimum Gasteiger partial charge on any atom is -0.393 e. The minimum atomic E-state index is -0.608. The first-order chi connectivity index (χ1) is 5.20. The van der Waals surface area contributed by atoms with Crippen molar-refractivity contribution in [2.75, 3.05) is 13.2 Å². The summed E-state index contributed by atoms with van der Waals surface area (Å²) in [5.41, 5.74) is 6.05. The van der Waals surface area contributed by atoms with Gasteiger partial charge in [0, 0.05) is 6.54 Å². The van der Waals surface area contributed by atoms with E-state index >= 15 is 0 Å². The van der Waals surface area contributed by atoms with Crippen molar-refractivity contribution in [1.82, 2.24) is 0 Å². The van der Waals surface area contributed by atoms with Gasteiger partial charge in [0.15, 0.2) is 0 Å². The maximum atomic E-state index is 8.92. The molecule has 0 heterocycles. The molecule has 66 valence electrons. The molecule has 0 aromatic rings. The summed E-state index contributed by atoms with van der Waals surface area (Å²) < 4.78 is 0. The molecular formula is C7H16N2O2. The van der Waals surface area contributed by atoms with Crippen molar-refractivity contribution in [3.63, 3.8) is 0 Å². The molecule has 0 fully saturated rings. The van der Waals surface area contributed by atoms with E-state index in [4.69, 9.17) is 15.7 Å². The number of nitrogens with zero attached hydrogens (tertiary/aromatic N) is 1. The van der Waals surface area contributed by atoms with Crippen molar-refractivity contribution in [2.24, 2.45) is 10.9 Å². The van der Waals surface area contributed by atoms with E-state index in [1.807, 2.05) is 13.8 Å². The lowest BCUT2D eigenvalue weighted by Crippen LogP contribution is -2.24. The van der Waals surface area contributed by atoms with E-state index in [0.29, 0.717) is 0 Å². The molecule has 1 atom stereocenters. The fourth-order valence-electron chi connectivity index (χ4n) is 0.366. The average Bonchev–Trinajstić information content (AvgIpc) is 2.04. The monoisotopic (exact) mass is 160 g/mol. The number of hydrogen-bond donors (Lipinski definition) is 2. The lowest BCUT2D eigenvalue weighted by Gasteiger charge is -2.05. The van der Waals surface area contributed by atoms with E-state index in [9.17, 15) is 0 Å². The van der Waals surface area contributed by atoms with Gasteiger partial charge in [-0.2, -0.15) is 0 Å². The van der Waals surface area contributed by atoms with Gasteiger partial charge >= 0.3 is 0 Å². The van der Waals surface area contributed by atoms with Gasteiger partial charge in [-0.1, -0.05) is 12.1 Å². The molecule has 0 aromatic heterocycles. The van der Waals surface area contributed by atoms with Crippen molar-refractivity contribution >= 4 is 5.71 Å². The Morgan fingerprint density at radius 3 is 2.82 bits per heavy atom. The molecular weight excluding hydrogens is 144 g/mol. The average molecular weight is 160 g/mol. The highest BCUT2D eigenvalue weighted by atomic mass is 16.6. The third-order valence-electron chi connectivity index (χ3n) is 1.27. The lowest BCUT2D eigenvalue weighted by atomic mass is 10.3. The number of nitrogens with two attached hydrogens (primary N) is 1. The van der Waals surface area contributed by atoms with E-state index in [2.05, 4.69) is 5.16 Å². The van der Waals surface area contributed by atoms with Crippen LogP contribution in [-0.4, -0.2) is 30.1 Å². The zero-order valence-corrected chi connectivity index (χ0v) is 7.08. The molecule has 0 aliphatic heterocycles. The van der Waals surface area contributed by atoms with E-state index in [1.54, 1.807) is 0 Å². The molecule has 0 radical (unpaired) electrons. The fraction of sp³-hybridized carbons (Fsp3) is 0.857. The van der Waals surface area contributed by atoms with Gasteiger partial charge < -0.3 is 15.7 Å². The predicted molar refractivity (Wildman–Crippen MR) is 44.4 cm³/mol. The van der Waals surface area contributed by atoms with Gasteiger partial charge in [0.25, 0.3) is 0 Å².